The van der Waals surface area contributed by atoms with E-state index in [0.717, 1.165) is 25.7 Å². The summed E-state index contributed by atoms with van der Waals surface area (Å²) in [7, 11) is 0. The average molecular weight is 279 g/mol. The zero-order valence-corrected chi connectivity index (χ0v) is 12.7. The molecule has 0 radical (unpaired) electrons. The lowest BCUT2D eigenvalue weighted by molar-refractivity contribution is -0.140. The molecule has 1 saturated carbocycles. The minimum atomic E-state index is -0.152. The van der Waals surface area contributed by atoms with E-state index < -0.39 is 0 Å². The zero-order chi connectivity index (χ0) is 14.9. The number of carbonyl (C=O) groups is 3. The molecule has 0 aromatic heterocycles. The second-order valence-electron chi connectivity index (χ2n) is 6.72. The number of Topliss-reactive ketones (excluding diaryl/α,β-unsaturated/α-hetero) is 1. The summed E-state index contributed by atoms with van der Waals surface area (Å²) in [5, 5.41) is 0. The molecule has 0 unspecified atom stereocenters. The molecule has 4 heteroatoms. The van der Waals surface area contributed by atoms with Gasteiger partial charge in [-0.2, -0.15) is 0 Å². The van der Waals surface area contributed by atoms with Crippen molar-refractivity contribution < 1.29 is 14.4 Å². The lowest BCUT2D eigenvalue weighted by Crippen LogP contribution is -2.37. The second kappa shape index (κ2) is 6.06. The molecular weight excluding hydrogens is 254 g/mol. The van der Waals surface area contributed by atoms with E-state index in [-0.39, 0.29) is 29.6 Å². The van der Waals surface area contributed by atoms with Gasteiger partial charge in [-0.15, -0.1) is 0 Å². The number of likely N-dealkylation sites (tertiary alicyclic amines) is 1. The molecule has 112 valence electrons. The molecule has 0 aromatic carbocycles. The smallest absolute Gasteiger partial charge is 0.232 e. The summed E-state index contributed by atoms with van der Waals surface area (Å²) < 4.78 is 0. The molecule has 20 heavy (non-hydrogen) atoms. The Labute approximate surface area is 120 Å². The maximum absolute atomic E-state index is 12.0. The third-order valence-electron chi connectivity index (χ3n) is 4.73. The fourth-order valence-corrected chi connectivity index (χ4v) is 3.40. The Balaban J connectivity index is 1.84. The highest BCUT2D eigenvalue weighted by atomic mass is 16.2. The van der Waals surface area contributed by atoms with Gasteiger partial charge >= 0.3 is 0 Å². The largest absolute Gasteiger partial charge is 0.299 e. The molecular formula is C16H25NO3. The van der Waals surface area contributed by atoms with Gasteiger partial charge in [0, 0.05) is 30.7 Å². The molecule has 1 saturated heterocycles. The Morgan fingerprint density at radius 1 is 1.20 bits per heavy atom. The van der Waals surface area contributed by atoms with E-state index in [1.54, 1.807) is 0 Å². The van der Waals surface area contributed by atoms with Gasteiger partial charge in [-0.05, 0) is 31.6 Å². The lowest BCUT2D eigenvalue weighted by atomic mass is 9.77. The summed E-state index contributed by atoms with van der Waals surface area (Å²) in [4.78, 5) is 37.1. The topological polar surface area (TPSA) is 54.5 Å². The molecule has 1 aliphatic carbocycles. The predicted octanol–water partition coefficient (Wildman–Crippen LogP) is 2.41. The van der Waals surface area contributed by atoms with Crippen LogP contribution < -0.4 is 0 Å². The van der Waals surface area contributed by atoms with Crippen LogP contribution in [0.2, 0.25) is 0 Å². The normalized spacial score (nSPS) is 31.2. The molecule has 2 rings (SSSR count). The molecule has 1 heterocycles. The molecule has 1 atom stereocenters. The van der Waals surface area contributed by atoms with Crippen LogP contribution in [0, 0.1) is 23.7 Å². The van der Waals surface area contributed by atoms with Crippen LogP contribution in [0.1, 0.15) is 52.9 Å². The Kier molecular flexibility index (Phi) is 4.61. The van der Waals surface area contributed by atoms with Crippen molar-refractivity contribution in [3.63, 3.8) is 0 Å². The summed E-state index contributed by atoms with van der Waals surface area (Å²) in [6, 6.07) is 0. The number of rotatable bonds is 4. The van der Waals surface area contributed by atoms with Gasteiger partial charge < -0.3 is 0 Å². The minimum absolute atomic E-state index is 0.0182. The van der Waals surface area contributed by atoms with Gasteiger partial charge in [-0.25, -0.2) is 0 Å². The van der Waals surface area contributed by atoms with Crippen LogP contribution >= 0.6 is 0 Å². The summed E-state index contributed by atoms with van der Waals surface area (Å²) in [5.74, 6) is 0.851. The number of hydrogen-bond donors (Lipinski definition) is 0. The van der Waals surface area contributed by atoms with Gasteiger partial charge in [0.1, 0.15) is 5.78 Å². The zero-order valence-electron chi connectivity index (χ0n) is 12.7. The third-order valence-corrected chi connectivity index (χ3v) is 4.73. The van der Waals surface area contributed by atoms with Gasteiger partial charge in [0.15, 0.2) is 0 Å². The van der Waals surface area contributed by atoms with Crippen molar-refractivity contribution in [3.8, 4) is 0 Å². The SMILES string of the molecule is CC(C)C(=O)[C@H]1CC[C@H](CN2C(=O)C[C@@H](C)C2=O)CC1. The van der Waals surface area contributed by atoms with E-state index in [1.807, 2.05) is 20.8 Å². The van der Waals surface area contributed by atoms with Crippen molar-refractivity contribution in [2.75, 3.05) is 6.54 Å². The Morgan fingerprint density at radius 2 is 1.80 bits per heavy atom. The predicted molar refractivity (Wildman–Crippen MR) is 75.8 cm³/mol. The first-order valence-corrected chi connectivity index (χ1v) is 7.78. The average Bonchev–Trinajstić information content (AvgIpc) is 2.65. The first-order chi connectivity index (χ1) is 9.40. The second-order valence-corrected chi connectivity index (χ2v) is 6.72. The molecule has 0 N–H and O–H groups in total. The highest BCUT2D eigenvalue weighted by molar-refractivity contribution is 6.03. The third kappa shape index (κ3) is 3.10. The molecule has 4 nitrogen and oxygen atoms in total. The maximum Gasteiger partial charge on any atom is 0.232 e. The molecule has 0 spiro atoms. The number of carbonyl (C=O) groups excluding carboxylic acids is 3. The van der Waals surface area contributed by atoms with Crippen LogP contribution in [0.3, 0.4) is 0 Å². The fourth-order valence-electron chi connectivity index (χ4n) is 3.40. The van der Waals surface area contributed by atoms with Crippen molar-refractivity contribution in [2.45, 2.75) is 52.9 Å². The van der Waals surface area contributed by atoms with Gasteiger partial charge in [0.25, 0.3) is 0 Å². The van der Waals surface area contributed by atoms with Crippen molar-refractivity contribution in [1.29, 1.82) is 0 Å². The monoisotopic (exact) mass is 279 g/mol. The van der Waals surface area contributed by atoms with Gasteiger partial charge in [0.2, 0.25) is 11.8 Å². The number of nitrogens with zero attached hydrogens (tertiary/aromatic N) is 1. The van der Waals surface area contributed by atoms with Crippen LogP contribution in [0.4, 0.5) is 0 Å². The van der Waals surface area contributed by atoms with Crippen LogP contribution in [0.5, 0.6) is 0 Å². The Bertz CT molecular complexity index is 408. The minimum Gasteiger partial charge on any atom is -0.299 e. The van der Waals surface area contributed by atoms with Gasteiger partial charge in [-0.3, -0.25) is 19.3 Å². The number of ketones is 1. The quantitative estimate of drug-likeness (QED) is 0.743. The van der Waals surface area contributed by atoms with E-state index in [4.69, 9.17) is 0 Å². The molecule has 2 amide bonds. The summed E-state index contributed by atoms with van der Waals surface area (Å²) in [6.07, 6.45) is 4.09. The summed E-state index contributed by atoms with van der Waals surface area (Å²) >= 11 is 0. The van der Waals surface area contributed by atoms with E-state index in [9.17, 15) is 14.4 Å². The van der Waals surface area contributed by atoms with Gasteiger partial charge in [-0.1, -0.05) is 20.8 Å². The van der Waals surface area contributed by atoms with Crippen molar-refractivity contribution in [2.24, 2.45) is 23.7 Å². The van der Waals surface area contributed by atoms with Crippen molar-refractivity contribution >= 4 is 17.6 Å². The first kappa shape index (κ1) is 15.2. The Hall–Kier alpha value is -1.19. The molecule has 2 fully saturated rings. The van der Waals surface area contributed by atoms with Crippen LogP contribution in [0.15, 0.2) is 0 Å². The van der Waals surface area contributed by atoms with Crippen LogP contribution in [-0.4, -0.2) is 29.0 Å². The van der Waals surface area contributed by atoms with E-state index in [0.29, 0.717) is 24.7 Å². The maximum atomic E-state index is 12.0. The van der Waals surface area contributed by atoms with Crippen molar-refractivity contribution in [3.05, 3.63) is 0 Å². The molecule has 0 bridgehead atoms. The van der Waals surface area contributed by atoms with Gasteiger partial charge in [0.05, 0.1) is 0 Å². The number of amides is 2. The van der Waals surface area contributed by atoms with E-state index >= 15 is 0 Å². The van der Waals surface area contributed by atoms with Crippen LogP contribution in [-0.2, 0) is 14.4 Å². The number of imide groups is 1. The fraction of sp³-hybridized carbons (Fsp3) is 0.812. The highest BCUT2D eigenvalue weighted by Crippen LogP contribution is 2.32. The van der Waals surface area contributed by atoms with E-state index in [2.05, 4.69) is 0 Å². The highest BCUT2D eigenvalue weighted by Gasteiger charge is 2.37. The standard InChI is InChI=1S/C16H25NO3/c1-10(2)15(19)13-6-4-12(5-7-13)9-17-14(18)8-11(3)16(17)20/h10-13H,4-9H2,1-3H3/t11-,12-,13-/m1/s1. The number of hydrogen-bond acceptors (Lipinski definition) is 3. The van der Waals surface area contributed by atoms with Crippen molar-refractivity contribution in [1.82, 2.24) is 4.90 Å². The molecule has 0 aromatic rings. The molecule has 1 aliphatic heterocycles. The van der Waals surface area contributed by atoms with Crippen LogP contribution in [0.25, 0.3) is 0 Å². The Morgan fingerprint density at radius 3 is 2.25 bits per heavy atom. The first-order valence-electron chi connectivity index (χ1n) is 7.78. The van der Waals surface area contributed by atoms with E-state index in [1.165, 1.54) is 4.90 Å². The summed E-state index contributed by atoms with van der Waals surface area (Å²) in [6.45, 7) is 6.29. The lowest BCUT2D eigenvalue weighted by Gasteiger charge is -2.30. The summed E-state index contributed by atoms with van der Waals surface area (Å²) in [5.41, 5.74) is 0. The molecule has 2 aliphatic rings.